The van der Waals surface area contributed by atoms with E-state index in [-0.39, 0.29) is 10.6 Å². The molecule has 0 bridgehead atoms. The van der Waals surface area contributed by atoms with Crippen LogP contribution in [0.25, 0.3) is 0 Å². The predicted octanol–water partition coefficient (Wildman–Crippen LogP) is -0.369. The predicted molar refractivity (Wildman–Crippen MR) is 48.6 cm³/mol. The van der Waals surface area contributed by atoms with Crippen LogP contribution in [0.5, 0.6) is 0 Å². The molecule has 2 N–H and O–H groups in total. The van der Waals surface area contributed by atoms with Gasteiger partial charge in [-0.05, 0) is 13.1 Å². The molecule has 0 amide bonds. The number of rotatable bonds is 3. The molecule has 0 unspecified atom stereocenters. The Morgan fingerprint density at radius 1 is 1.57 bits per heavy atom. The molecule has 14 heavy (non-hydrogen) atoms. The van der Waals surface area contributed by atoms with Gasteiger partial charge in [-0.15, -0.1) is 0 Å². The number of nitrogens with one attached hydrogen (secondary N) is 1. The summed E-state index contributed by atoms with van der Waals surface area (Å²) in [5.74, 6) is -1.16. The summed E-state index contributed by atoms with van der Waals surface area (Å²) >= 11 is 0. The normalized spacial score (nSPS) is 11.6. The number of carbonyl (C=O) groups is 1. The van der Waals surface area contributed by atoms with E-state index in [1.165, 1.54) is 24.9 Å². The van der Waals surface area contributed by atoms with Crippen molar-refractivity contribution in [1.82, 2.24) is 9.29 Å². The second-order valence-electron chi connectivity index (χ2n) is 2.68. The Morgan fingerprint density at radius 3 is 2.50 bits per heavy atom. The van der Waals surface area contributed by atoms with Gasteiger partial charge in [0.1, 0.15) is 10.6 Å². The summed E-state index contributed by atoms with van der Waals surface area (Å²) in [6.07, 6.45) is 1.25. The van der Waals surface area contributed by atoms with Gasteiger partial charge in [0, 0.05) is 13.2 Å². The molecule has 0 radical (unpaired) electrons. The Bertz CT molecular complexity index is 460. The van der Waals surface area contributed by atoms with Crippen molar-refractivity contribution in [1.29, 1.82) is 0 Å². The summed E-state index contributed by atoms with van der Waals surface area (Å²) < 4.78 is 25.9. The van der Waals surface area contributed by atoms with E-state index in [0.717, 1.165) is 6.07 Å². The van der Waals surface area contributed by atoms with Crippen LogP contribution in [-0.4, -0.2) is 31.1 Å². The fourth-order valence-corrected chi connectivity index (χ4v) is 1.81. The molecule has 1 rings (SSSR count). The lowest BCUT2D eigenvalue weighted by Crippen LogP contribution is -2.17. The standard InChI is InChI=1S/C7H10N2O4S/c1-8-14(12,13)5-3-6(7(10)11)9(2)4-5/h3-4,8H,1-2H3,(H,10,11). The molecule has 0 aliphatic rings. The van der Waals surface area contributed by atoms with E-state index in [4.69, 9.17) is 5.11 Å². The minimum absolute atomic E-state index is 0.0556. The average Bonchev–Trinajstić information content (AvgIpc) is 2.48. The number of carboxylic acids is 1. The molecule has 0 spiro atoms. The highest BCUT2D eigenvalue weighted by Crippen LogP contribution is 2.12. The smallest absolute Gasteiger partial charge is 0.352 e. The van der Waals surface area contributed by atoms with Gasteiger partial charge in [-0.1, -0.05) is 0 Å². The third kappa shape index (κ3) is 1.78. The highest BCUT2D eigenvalue weighted by molar-refractivity contribution is 7.89. The number of aromatic nitrogens is 1. The van der Waals surface area contributed by atoms with Crippen LogP contribution in [0.3, 0.4) is 0 Å². The average molecular weight is 218 g/mol. The van der Waals surface area contributed by atoms with Crippen LogP contribution >= 0.6 is 0 Å². The number of hydrogen-bond acceptors (Lipinski definition) is 3. The van der Waals surface area contributed by atoms with Gasteiger partial charge in [-0.3, -0.25) is 0 Å². The van der Waals surface area contributed by atoms with Crippen LogP contribution in [-0.2, 0) is 17.1 Å². The number of carboxylic acid groups (broad SMARTS) is 1. The molecule has 1 aromatic rings. The second-order valence-corrected chi connectivity index (χ2v) is 4.57. The fraction of sp³-hybridized carbons (Fsp3) is 0.286. The van der Waals surface area contributed by atoms with E-state index in [1.807, 2.05) is 0 Å². The van der Waals surface area contributed by atoms with Gasteiger partial charge in [-0.2, -0.15) is 0 Å². The minimum Gasteiger partial charge on any atom is -0.477 e. The zero-order valence-electron chi connectivity index (χ0n) is 7.68. The van der Waals surface area contributed by atoms with Crippen LogP contribution in [0, 0.1) is 0 Å². The molecule has 0 saturated heterocycles. The number of aromatic carboxylic acids is 1. The van der Waals surface area contributed by atoms with Crippen LogP contribution < -0.4 is 4.72 Å². The third-order valence-electron chi connectivity index (χ3n) is 1.78. The zero-order chi connectivity index (χ0) is 10.9. The van der Waals surface area contributed by atoms with E-state index >= 15 is 0 Å². The van der Waals surface area contributed by atoms with Crippen molar-refractivity contribution >= 4 is 16.0 Å². The zero-order valence-corrected chi connectivity index (χ0v) is 8.50. The minimum atomic E-state index is -3.57. The van der Waals surface area contributed by atoms with Crippen molar-refractivity contribution in [3.05, 3.63) is 18.0 Å². The van der Waals surface area contributed by atoms with Gasteiger partial charge in [0.25, 0.3) is 0 Å². The van der Waals surface area contributed by atoms with Crippen molar-refractivity contribution in [3.63, 3.8) is 0 Å². The summed E-state index contributed by atoms with van der Waals surface area (Å²) in [5.41, 5.74) is -0.0705. The first kappa shape index (κ1) is 10.7. The molecule has 1 heterocycles. The highest BCUT2D eigenvalue weighted by atomic mass is 32.2. The molecule has 1 aromatic heterocycles. The number of sulfonamides is 1. The summed E-state index contributed by atoms with van der Waals surface area (Å²) in [5, 5.41) is 8.68. The van der Waals surface area contributed by atoms with Gasteiger partial charge < -0.3 is 9.67 Å². The summed E-state index contributed by atoms with van der Waals surface area (Å²) in [6.45, 7) is 0. The lowest BCUT2D eigenvalue weighted by atomic mass is 10.4. The Balaban J connectivity index is 3.29. The van der Waals surface area contributed by atoms with Crippen LogP contribution in [0.15, 0.2) is 17.2 Å². The highest BCUT2D eigenvalue weighted by Gasteiger charge is 2.18. The Labute approximate surface area is 81.2 Å². The number of hydrogen-bond donors (Lipinski definition) is 2. The molecule has 6 nitrogen and oxygen atoms in total. The molecular weight excluding hydrogens is 208 g/mol. The number of aryl methyl sites for hydroxylation is 1. The molecule has 0 atom stereocenters. The van der Waals surface area contributed by atoms with Gasteiger partial charge in [-0.25, -0.2) is 17.9 Å². The molecule has 7 heteroatoms. The largest absolute Gasteiger partial charge is 0.477 e. The van der Waals surface area contributed by atoms with Crippen LogP contribution in [0.1, 0.15) is 10.5 Å². The molecule has 0 aliphatic carbocycles. The van der Waals surface area contributed by atoms with Gasteiger partial charge in [0.05, 0.1) is 0 Å². The van der Waals surface area contributed by atoms with Gasteiger partial charge in [0.2, 0.25) is 10.0 Å². The SMILES string of the molecule is CNS(=O)(=O)c1cc(C(=O)O)n(C)c1. The summed E-state index contributed by atoms with van der Waals surface area (Å²) in [6, 6.07) is 1.11. The fourth-order valence-electron chi connectivity index (χ4n) is 1.01. The van der Waals surface area contributed by atoms with E-state index in [2.05, 4.69) is 4.72 Å². The van der Waals surface area contributed by atoms with E-state index in [0.29, 0.717) is 0 Å². The monoisotopic (exact) mass is 218 g/mol. The second kappa shape index (κ2) is 3.43. The van der Waals surface area contributed by atoms with Gasteiger partial charge in [0.15, 0.2) is 0 Å². The first-order chi connectivity index (χ1) is 6.38. The van der Waals surface area contributed by atoms with Crippen molar-refractivity contribution in [2.45, 2.75) is 4.90 Å². The maximum absolute atomic E-state index is 11.3. The lowest BCUT2D eigenvalue weighted by molar-refractivity contribution is 0.0686. The van der Waals surface area contributed by atoms with E-state index in [1.54, 1.807) is 0 Å². The van der Waals surface area contributed by atoms with Gasteiger partial charge >= 0.3 is 5.97 Å². The topological polar surface area (TPSA) is 88.4 Å². The quantitative estimate of drug-likeness (QED) is 0.724. The molecule has 0 saturated carbocycles. The molecule has 0 fully saturated rings. The molecular formula is C7H10N2O4S. The van der Waals surface area contributed by atoms with Crippen LogP contribution in [0.2, 0.25) is 0 Å². The molecule has 78 valence electrons. The lowest BCUT2D eigenvalue weighted by Gasteiger charge is -1.96. The third-order valence-corrected chi connectivity index (χ3v) is 3.16. The maximum atomic E-state index is 11.3. The first-order valence-corrected chi connectivity index (χ1v) is 5.20. The van der Waals surface area contributed by atoms with E-state index < -0.39 is 16.0 Å². The van der Waals surface area contributed by atoms with Crippen molar-refractivity contribution in [2.75, 3.05) is 7.05 Å². The first-order valence-electron chi connectivity index (χ1n) is 3.71. The Morgan fingerprint density at radius 2 is 2.14 bits per heavy atom. The molecule has 0 aromatic carbocycles. The Hall–Kier alpha value is -1.34. The van der Waals surface area contributed by atoms with Crippen LogP contribution in [0.4, 0.5) is 0 Å². The van der Waals surface area contributed by atoms with E-state index in [9.17, 15) is 13.2 Å². The maximum Gasteiger partial charge on any atom is 0.352 e. The number of nitrogens with zero attached hydrogens (tertiary/aromatic N) is 1. The summed E-state index contributed by atoms with van der Waals surface area (Å²) in [4.78, 5) is 10.6. The molecule has 0 aliphatic heterocycles. The van der Waals surface area contributed by atoms with Crippen molar-refractivity contribution in [2.24, 2.45) is 7.05 Å². The summed E-state index contributed by atoms with van der Waals surface area (Å²) in [7, 11) is -0.831. The Kier molecular flexibility index (Phi) is 2.63. The van der Waals surface area contributed by atoms with Crippen molar-refractivity contribution < 1.29 is 18.3 Å². The van der Waals surface area contributed by atoms with Crippen molar-refractivity contribution in [3.8, 4) is 0 Å².